The average molecular weight is 421 g/mol. The predicted molar refractivity (Wildman–Crippen MR) is 116 cm³/mol. The molecule has 0 saturated carbocycles. The molecule has 0 radical (unpaired) electrons. The summed E-state index contributed by atoms with van der Waals surface area (Å²) in [5, 5.41) is 0. The van der Waals surface area contributed by atoms with Gasteiger partial charge in [-0.1, -0.05) is 75.2 Å². The van der Waals surface area contributed by atoms with Crippen LogP contribution < -0.4 is 9.47 Å². The molecular formula is C23H26Cl2O3. The van der Waals surface area contributed by atoms with Gasteiger partial charge in [-0.25, -0.2) is 0 Å². The van der Waals surface area contributed by atoms with Crippen LogP contribution in [0.25, 0.3) is 0 Å². The van der Waals surface area contributed by atoms with Crippen molar-refractivity contribution in [1.29, 1.82) is 0 Å². The predicted octanol–water partition coefficient (Wildman–Crippen LogP) is 6.53. The molecule has 5 heteroatoms. The fraction of sp³-hybridized carbons (Fsp3) is 0.348. The molecule has 1 atom stereocenters. The number of carbonyl (C=O) groups excluding carboxylic acids is 1. The van der Waals surface area contributed by atoms with Crippen molar-refractivity contribution in [3.8, 4) is 11.5 Å². The van der Waals surface area contributed by atoms with Gasteiger partial charge >= 0.3 is 0 Å². The molecule has 0 spiro atoms. The summed E-state index contributed by atoms with van der Waals surface area (Å²) >= 11 is 11.1. The van der Waals surface area contributed by atoms with Gasteiger partial charge in [-0.2, -0.15) is 0 Å². The van der Waals surface area contributed by atoms with E-state index in [1.807, 2.05) is 69.3 Å². The van der Waals surface area contributed by atoms with Crippen molar-refractivity contribution in [1.82, 2.24) is 0 Å². The molecule has 0 fully saturated rings. The molecule has 2 aromatic carbocycles. The Balaban J connectivity index is 1.96. The smallest absolute Gasteiger partial charge is 0.175 e. The highest BCUT2D eigenvalue weighted by Crippen LogP contribution is 2.27. The van der Waals surface area contributed by atoms with Gasteiger partial charge in [0.1, 0.15) is 29.2 Å². The zero-order valence-corrected chi connectivity index (χ0v) is 18.2. The SMILES string of the molecule is CC(c1ccc(OCC=C(Cl)Cl)cc1)c1ccc(OCC(=O)C(C)(C)C)cc1. The molecule has 1 unspecified atom stereocenters. The number of ether oxygens (including phenoxy) is 2. The Labute approximate surface area is 177 Å². The first kappa shape index (κ1) is 22.3. The highest BCUT2D eigenvalue weighted by atomic mass is 35.5. The van der Waals surface area contributed by atoms with Crippen LogP contribution in [0.5, 0.6) is 11.5 Å². The van der Waals surface area contributed by atoms with Crippen LogP contribution in [0, 0.1) is 5.41 Å². The Morgan fingerprint density at radius 3 is 1.82 bits per heavy atom. The second kappa shape index (κ2) is 9.99. The van der Waals surface area contributed by atoms with Crippen molar-refractivity contribution < 1.29 is 14.3 Å². The Morgan fingerprint density at radius 1 is 0.929 bits per heavy atom. The lowest BCUT2D eigenvalue weighted by atomic mass is 9.91. The molecule has 0 aliphatic carbocycles. The van der Waals surface area contributed by atoms with Crippen LogP contribution in [-0.4, -0.2) is 19.0 Å². The normalized spacial score (nSPS) is 12.2. The van der Waals surface area contributed by atoms with Gasteiger partial charge in [-0.05, 0) is 41.5 Å². The Morgan fingerprint density at radius 2 is 1.39 bits per heavy atom. The number of carbonyl (C=O) groups is 1. The first-order valence-electron chi connectivity index (χ1n) is 9.17. The summed E-state index contributed by atoms with van der Waals surface area (Å²) in [5.74, 6) is 1.75. The minimum absolute atomic E-state index is 0.0797. The minimum Gasteiger partial charge on any atom is -0.489 e. The maximum absolute atomic E-state index is 12.0. The Bertz CT molecular complexity index is 799. The number of Topliss-reactive ketones (excluding diaryl/α,β-unsaturated/α-hetero) is 1. The van der Waals surface area contributed by atoms with E-state index >= 15 is 0 Å². The van der Waals surface area contributed by atoms with E-state index in [1.165, 1.54) is 11.1 Å². The second-order valence-corrected chi connectivity index (χ2v) is 8.63. The molecule has 2 rings (SSSR count). The van der Waals surface area contributed by atoms with Crippen LogP contribution in [0.1, 0.15) is 44.7 Å². The molecule has 150 valence electrons. The quantitative estimate of drug-likeness (QED) is 0.486. The Kier molecular flexibility index (Phi) is 7.97. The van der Waals surface area contributed by atoms with Crippen molar-refractivity contribution in [3.05, 3.63) is 70.2 Å². The molecule has 0 bridgehead atoms. The van der Waals surface area contributed by atoms with E-state index in [0.717, 1.165) is 5.75 Å². The van der Waals surface area contributed by atoms with Gasteiger partial charge in [0.15, 0.2) is 5.78 Å². The lowest BCUT2D eigenvalue weighted by molar-refractivity contribution is -0.128. The number of rotatable bonds is 8. The third-order valence-electron chi connectivity index (χ3n) is 4.45. The molecule has 0 aliphatic heterocycles. The number of benzene rings is 2. The average Bonchev–Trinajstić information content (AvgIpc) is 2.65. The van der Waals surface area contributed by atoms with Crippen LogP contribution in [0.3, 0.4) is 0 Å². The summed E-state index contributed by atoms with van der Waals surface area (Å²) in [7, 11) is 0. The first-order valence-corrected chi connectivity index (χ1v) is 9.92. The first-order chi connectivity index (χ1) is 13.2. The molecule has 0 saturated heterocycles. The maximum Gasteiger partial charge on any atom is 0.175 e. The number of halogens is 2. The molecule has 0 N–H and O–H groups in total. The highest BCUT2D eigenvalue weighted by molar-refractivity contribution is 6.55. The zero-order valence-electron chi connectivity index (χ0n) is 16.7. The molecule has 3 nitrogen and oxygen atoms in total. The van der Waals surface area contributed by atoms with E-state index in [1.54, 1.807) is 6.08 Å². The molecule has 0 aromatic heterocycles. The summed E-state index contributed by atoms with van der Waals surface area (Å²) in [4.78, 5) is 12.0. The van der Waals surface area contributed by atoms with Crippen molar-refractivity contribution in [3.63, 3.8) is 0 Å². The molecule has 2 aromatic rings. The monoisotopic (exact) mass is 420 g/mol. The maximum atomic E-state index is 12.0. The van der Waals surface area contributed by atoms with Gasteiger partial charge < -0.3 is 9.47 Å². The second-order valence-electron chi connectivity index (χ2n) is 7.63. The fourth-order valence-electron chi connectivity index (χ4n) is 2.46. The Hall–Kier alpha value is -1.97. The minimum atomic E-state index is -0.392. The van der Waals surface area contributed by atoms with Crippen LogP contribution in [0.15, 0.2) is 59.1 Å². The summed E-state index contributed by atoms with van der Waals surface area (Å²) in [6.45, 7) is 8.24. The van der Waals surface area contributed by atoms with Gasteiger partial charge in [0.05, 0.1) is 0 Å². The standard InChI is InChI=1S/C23H26Cl2O3/c1-16(17-5-9-19(10-6-17)27-14-13-22(24)25)18-7-11-20(12-8-18)28-15-21(26)23(2,3)4/h5-13,16H,14-15H2,1-4H3. The van der Waals surface area contributed by atoms with Gasteiger partial charge in [0.2, 0.25) is 0 Å². The van der Waals surface area contributed by atoms with Crippen LogP contribution in [-0.2, 0) is 4.79 Å². The summed E-state index contributed by atoms with van der Waals surface area (Å²) in [5.41, 5.74) is 1.95. The summed E-state index contributed by atoms with van der Waals surface area (Å²) in [6.07, 6.45) is 1.60. The lowest BCUT2D eigenvalue weighted by Gasteiger charge is -2.17. The molecule has 0 aliphatic rings. The van der Waals surface area contributed by atoms with Crippen molar-refractivity contribution in [2.75, 3.05) is 13.2 Å². The number of hydrogen-bond acceptors (Lipinski definition) is 3. The van der Waals surface area contributed by atoms with E-state index in [-0.39, 0.29) is 22.8 Å². The van der Waals surface area contributed by atoms with Gasteiger partial charge in [0, 0.05) is 11.3 Å². The molecule has 0 amide bonds. The van der Waals surface area contributed by atoms with Gasteiger partial charge in [0.25, 0.3) is 0 Å². The topological polar surface area (TPSA) is 35.5 Å². The van der Waals surface area contributed by atoms with E-state index < -0.39 is 5.41 Å². The van der Waals surface area contributed by atoms with E-state index in [0.29, 0.717) is 12.4 Å². The van der Waals surface area contributed by atoms with Crippen molar-refractivity contribution in [2.24, 2.45) is 5.41 Å². The molecule has 0 heterocycles. The van der Waals surface area contributed by atoms with Gasteiger partial charge in [-0.3, -0.25) is 4.79 Å². The van der Waals surface area contributed by atoms with Gasteiger partial charge in [-0.15, -0.1) is 0 Å². The summed E-state index contributed by atoms with van der Waals surface area (Å²) < 4.78 is 11.4. The largest absolute Gasteiger partial charge is 0.489 e. The third-order valence-corrected chi connectivity index (χ3v) is 4.76. The van der Waals surface area contributed by atoms with Crippen LogP contribution >= 0.6 is 23.2 Å². The van der Waals surface area contributed by atoms with E-state index in [9.17, 15) is 4.79 Å². The molecular weight excluding hydrogens is 395 g/mol. The van der Waals surface area contributed by atoms with E-state index in [4.69, 9.17) is 32.7 Å². The van der Waals surface area contributed by atoms with E-state index in [2.05, 4.69) is 6.92 Å². The van der Waals surface area contributed by atoms with Crippen LogP contribution in [0.2, 0.25) is 0 Å². The summed E-state index contributed by atoms with van der Waals surface area (Å²) in [6, 6.07) is 15.8. The zero-order chi connectivity index (χ0) is 20.7. The molecule has 28 heavy (non-hydrogen) atoms. The highest BCUT2D eigenvalue weighted by Gasteiger charge is 2.21. The van der Waals surface area contributed by atoms with Crippen molar-refractivity contribution in [2.45, 2.75) is 33.6 Å². The number of ketones is 1. The fourth-order valence-corrected chi connectivity index (χ4v) is 2.59. The van der Waals surface area contributed by atoms with Crippen LogP contribution in [0.4, 0.5) is 0 Å². The number of hydrogen-bond donors (Lipinski definition) is 0. The van der Waals surface area contributed by atoms with Crippen molar-refractivity contribution >= 4 is 29.0 Å². The third kappa shape index (κ3) is 6.88. The lowest BCUT2D eigenvalue weighted by Crippen LogP contribution is -2.26.